The number of nitrogens with zero attached hydrogens (tertiary/aromatic N) is 1. The fraction of sp³-hybridized carbons (Fsp3) is 0.438. The highest BCUT2D eigenvalue weighted by atomic mass is 15.2. The van der Waals surface area contributed by atoms with Crippen LogP contribution in [0.4, 0.5) is 0 Å². The second kappa shape index (κ2) is 5.46. The number of hydrogen-bond acceptors (Lipinski definition) is 1. The lowest BCUT2D eigenvalue weighted by Crippen LogP contribution is -3.12. The smallest absolute Gasteiger partial charge is 0.202 e. The molecule has 0 spiro atoms. The van der Waals surface area contributed by atoms with Crippen molar-refractivity contribution in [1.82, 2.24) is 4.98 Å². The fourth-order valence-corrected chi connectivity index (χ4v) is 3.18. The van der Waals surface area contributed by atoms with Gasteiger partial charge in [-0.15, -0.1) is 0 Å². The van der Waals surface area contributed by atoms with Crippen LogP contribution >= 0.6 is 0 Å². The van der Waals surface area contributed by atoms with Crippen molar-refractivity contribution in [3.63, 3.8) is 0 Å². The molecule has 3 nitrogen and oxygen atoms in total. The van der Waals surface area contributed by atoms with Crippen molar-refractivity contribution in [3.05, 3.63) is 36.0 Å². The third kappa shape index (κ3) is 2.36. The minimum absolute atomic E-state index is 0.0331. The highest BCUT2D eigenvalue weighted by Crippen LogP contribution is 2.22. The van der Waals surface area contributed by atoms with Gasteiger partial charge in [-0.3, -0.25) is 0 Å². The Morgan fingerprint density at radius 1 is 1.11 bits per heavy atom. The van der Waals surface area contributed by atoms with Crippen LogP contribution < -0.4 is 4.90 Å². The summed E-state index contributed by atoms with van der Waals surface area (Å²) in [5, 5.41) is 10.8. The van der Waals surface area contributed by atoms with Crippen molar-refractivity contribution in [2.24, 2.45) is 0 Å². The van der Waals surface area contributed by atoms with Crippen LogP contribution in [0.25, 0.3) is 10.9 Å². The van der Waals surface area contributed by atoms with E-state index in [4.69, 9.17) is 0 Å². The summed E-state index contributed by atoms with van der Waals surface area (Å²) in [4.78, 5) is 4.73. The minimum Gasteiger partial charge on any atom is -0.361 e. The van der Waals surface area contributed by atoms with Crippen LogP contribution in [0.5, 0.6) is 0 Å². The molecule has 1 aromatic heterocycles. The molecule has 2 heterocycles. The van der Waals surface area contributed by atoms with Crippen molar-refractivity contribution in [2.45, 2.75) is 31.7 Å². The number of nitriles is 1. The van der Waals surface area contributed by atoms with Gasteiger partial charge in [-0.1, -0.05) is 18.2 Å². The number of H-pyrrole nitrogens is 1. The second-order valence-corrected chi connectivity index (χ2v) is 5.42. The molecular formula is C16H20N3+. The van der Waals surface area contributed by atoms with Gasteiger partial charge in [-0.2, -0.15) is 5.26 Å². The molecule has 1 fully saturated rings. The number of nitrogens with one attached hydrogen (secondary N) is 2. The predicted octanol–water partition coefficient (Wildman–Crippen LogP) is 2.19. The van der Waals surface area contributed by atoms with E-state index in [0.717, 1.165) is 24.2 Å². The van der Waals surface area contributed by atoms with E-state index >= 15 is 0 Å². The summed E-state index contributed by atoms with van der Waals surface area (Å²) >= 11 is 0. The first-order chi connectivity index (χ1) is 9.40. The third-order valence-electron chi connectivity index (χ3n) is 4.22. The van der Waals surface area contributed by atoms with Gasteiger partial charge >= 0.3 is 0 Å². The second-order valence-electron chi connectivity index (χ2n) is 5.42. The van der Waals surface area contributed by atoms with E-state index in [-0.39, 0.29) is 6.04 Å². The van der Waals surface area contributed by atoms with Crippen LogP contribution in [0.1, 0.15) is 37.3 Å². The van der Waals surface area contributed by atoms with Gasteiger partial charge in [-0.25, -0.2) is 0 Å². The number of aromatic nitrogens is 1. The molecule has 1 aliphatic heterocycles. The van der Waals surface area contributed by atoms with E-state index in [0.29, 0.717) is 0 Å². The summed E-state index contributed by atoms with van der Waals surface area (Å²) in [7, 11) is 0. The quantitative estimate of drug-likeness (QED) is 0.847. The van der Waals surface area contributed by atoms with E-state index in [9.17, 15) is 5.26 Å². The zero-order chi connectivity index (χ0) is 13.1. The zero-order valence-electron chi connectivity index (χ0n) is 11.2. The molecule has 2 N–H and O–H groups in total. The third-order valence-corrected chi connectivity index (χ3v) is 4.22. The highest BCUT2D eigenvalue weighted by molar-refractivity contribution is 5.83. The van der Waals surface area contributed by atoms with Gasteiger partial charge in [0.2, 0.25) is 6.04 Å². The zero-order valence-corrected chi connectivity index (χ0v) is 11.2. The molecule has 3 heteroatoms. The van der Waals surface area contributed by atoms with Gasteiger partial charge in [0.15, 0.2) is 0 Å². The van der Waals surface area contributed by atoms with Gasteiger partial charge in [0.25, 0.3) is 0 Å². The molecule has 19 heavy (non-hydrogen) atoms. The number of fused-ring (bicyclic) bond motifs is 1. The first kappa shape index (κ1) is 12.3. The SMILES string of the molecule is N#CC(c1c[nH]c2ccccc12)[NH+]1CCCCCC1. The van der Waals surface area contributed by atoms with Crippen LogP contribution in [-0.2, 0) is 0 Å². The maximum Gasteiger partial charge on any atom is 0.202 e. The average molecular weight is 254 g/mol. The van der Waals surface area contributed by atoms with Gasteiger partial charge in [-0.05, 0) is 31.7 Å². The van der Waals surface area contributed by atoms with Crippen molar-refractivity contribution in [2.75, 3.05) is 13.1 Å². The number of likely N-dealkylation sites (tertiary alicyclic amines) is 1. The first-order valence-corrected chi connectivity index (χ1v) is 7.20. The molecule has 0 radical (unpaired) electrons. The summed E-state index contributed by atoms with van der Waals surface area (Å²) in [5.74, 6) is 0. The Kier molecular flexibility index (Phi) is 3.52. The molecule has 3 rings (SSSR count). The normalized spacial score (nSPS) is 18.9. The number of aromatic amines is 1. The summed E-state index contributed by atoms with van der Waals surface area (Å²) in [5.41, 5.74) is 2.29. The van der Waals surface area contributed by atoms with Crippen molar-refractivity contribution in [1.29, 1.82) is 5.26 Å². The molecule has 1 aromatic carbocycles. The highest BCUT2D eigenvalue weighted by Gasteiger charge is 2.26. The standard InChI is InChI=1S/C16H19N3/c17-11-16(19-9-5-1-2-6-10-19)14-12-18-15-8-4-3-7-13(14)15/h3-4,7-8,12,16,18H,1-2,5-6,9-10H2/p+1. The maximum absolute atomic E-state index is 9.62. The Bertz CT molecular complexity index is 585. The molecule has 0 saturated carbocycles. The molecule has 1 atom stereocenters. The van der Waals surface area contributed by atoms with Crippen LogP contribution in [0.3, 0.4) is 0 Å². The lowest BCUT2D eigenvalue weighted by atomic mass is 10.1. The number of quaternary nitrogens is 1. The van der Waals surface area contributed by atoms with E-state index < -0.39 is 0 Å². The molecule has 1 saturated heterocycles. The predicted molar refractivity (Wildman–Crippen MR) is 75.8 cm³/mol. The number of para-hydroxylation sites is 1. The molecule has 1 aliphatic rings. The van der Waals surface area contributed by atoms with E-state index in [1.807, 2.05) is 18.3 Å². The van der Waals surface area contributed by atoms with Crippen LogP contribution in [0.2, 0.25) is 0 Å². The van der Waals surface area contributed by atoms with Crippen molar-refractivity contribution in [3.8, 4) is 6.07 Å². The summed E-state index contributed by atoms with van der Waals surface area (Å²) < 4.78 is 0. The number of hydrogen-bond donors (Lipinski definition) is 2. The van der Waals surface area contributed by atoms with Crippen LogP contribution in [0, 0.1) is 11.3 Å². The van der Waals surface area contributed by atoms with Crippen molar-refractivity contribution >= 4 is 10.9 Å². The topological polar surface area (TPSA) is 44.0 Å². The largest absolute Gasteiger partial charge is 0.361 e. The Hall–Kier alpha value is -1.79. The Labute approximate surface area is 113 Å². The van der Waals surface area contributed by atoms with Gasteiger partial charge in [0, 0.05) is 22.7 Å². The summed E-state index contributed by atoms with van der Waals surface area (Å²) in [6, 6.07) is 10.8. The van der Waals surface area contributed by atoms with Crippen LogP contribution in [-0.4, -0.2) is 18.1 Å². The lowest BCUT2D eigenvalue weighted by Gasteiger charge is -2.22. The summed E-state index contributed by atoms with van der Waals surface area (Å²) in [6.07, 6.45) is 7.15. The average Bonchev–Trinajstić information content (AvgIpc) is 2.69. The molecule has 0 aliphatic carbocycles. The van der Waals surface area contributed by atoms with Gasteiger partial charge < -0.3 is 9.88 Å². The van der Waals surface area contributed by atoms with E-state index in [2.05, 4.69) is 23.2 Å². The fourth-order valence-electron chi connectivity index (χ4n) is 3.18. The molecule has 0 bridgehead atoms. The first-order valence-electron chi connectivity index (χ1n) is 7.20. The molecule has 0 amide bonds. The Balaban J connectivity index is 1.95. The minimum atomic E-state index is -0.0331. The number of rotatable bonds is 2. The van der Waals surface area contributed by atoms with Gasteiger partial charge in [0.05, 0.1) is 13.1 Å². The van der Waals surface area contributed by atoms with Gasteiger partial charge in [0.1, 0.15) is 6.07 Å². The molecule has 98 valence electrons. The molecule has 1 unspecified atom stereocenters. The van der Waals surface area contributed by atoms with E-state index in [1.54, 1.807) is 0 Å². The van der Waals surface area contributed by atoms with Crippen LogP contribution in [0.15, 0.2) is 30.5 Å². The van der Waals surface area contributed by atoms with E-state index in [1.165, 1.54) is 36.0 Å². The Morgan fingerprint density at radius 2 is 1.84 bits per heavy atom. The molecular weight excluding hydrogens is 234 g/mol. The summed E-state index contributed by atoms with van der Waals surface area (Å²) in [6.45, 7) is 2.25. The lowest BCUT2D eigenvalue weighted by molar-refractivity contribution is -0.922. The maximum atomic E-state index is 9.62. The Morgan fingerprint density at radius 3 is 2.58 bits per heavy atom. The number of benzene rings is 1. The molecule has 2 aromatic rings. The van der Waals surface area contributed by atoms with Crippen molar-refractivity contribution < 1.29 is 4.90 Å². The monoisotopic (exact) mass is 254 g/mol.